The number of aliphatic hydroxyl groups is 2. The fourth-order valence-electron chi connectivity index (χ4n) is 19.4. The number of rotatable bonds is 30. The highest BCUT2D eigenvalue weighted by atomic mass is 16.7. The van der Waals surface area contributed by atoms with E-state index in [1.807, 2.05) is 0 Å². The molecule has 4 aromatic rings. The maximum absolute atomic E-state index is 14.8. The molecule has 11 N–H and O–H groups in total. The first-order valence-corrected chi connectivity index (χ1v) is 38.7. The lowest BCUT2D eigenvalue weighted by atomic mass is 9.47. The van der Waals surface area contributed by atoms with Gasteiger partial charge in [0.05, 0.1) is 48.1 Å². The first kappa shape index (κ1) is 80.3. The van der Waals surface area contributed by atoms with E-state index in [1.54, 1.807) is 12.1 Å². The van der Waals surface area contributed by atoms with Gasteiger partial charge in [0.2, 0.25) is 23.5 Å². The molecule has 1 heterocycles. The Balaban J connectivity index is 0.705. The monoisotopic (exact) mass is 1490 g/mol. The molecule has 6 aliphatic carbocycles. The van der Waals surface area contributed by atoms with Crippen molar-refractivity contribution in [2.75, 3.05) is 13.7 Å². The number of hydrogen-bond acceptors (Lipinski definition) is 19. The van der Waals surface area contributed by atoms with Gasteiger partial charge in [-0.3, -0.25) is 33.6 Å². The van der Waals surface area contributed by atoms with Gasteiger partial charge in [0.1, 0.15) is 52.6 Å². The van der Waals surface area contributed by atoms with Crippen LogP contribution in [-0.4, -0.2) is 151 Å². The number of aliphatic hydroxyl groups excluding tert-OH is 1. The zero-order valence-electron chi connectivity index (χ0n) is 63.3. The highest BCUT2D eigenvalue weighted by Crippen LogP contribution is 2.68. The van der Waals surface area contributed by atoms with E-state index in [2.05, 4.69) is 62.0 Å². The number of alkyl carbamates (subject to hydrolysis) is 1. The Bertz CT molecular complexity index is 4080. The number of aliphatic carboxylic acids is 1. The van der Waals surface area contributed by atoms with Gasteiger partial charge in [0, 0.05) is 80.5 Å². The molecule has 4 aromatic carbocycles. The number of carboxylic acids is 1. The molecule has 1 aliphatic heterocycles. The molecular weight excluding hydrogens is 1380 g/mol. The van der Waals surface area contributed by atoms with Gasteiger partial charge in [-0.15, -0.1) is 0 Å². The molecule has 17 atom stereocenters. The summed E-state index contributed by atoms with van der Waals surface area (Å²) in [5.41, 5.74) is -1.15. The lowest BCUT2D eigenvalue weighted by Gasteiger charge is -2.58. The summed E-state index contributed by atoms with van der Waals surface area (Å²) in [6, 6.07) is 12.6. The molecule has 108 heavy (non-hydrogen) atoms. The van der Waals surface area contributed by atoms with Crippen LogP contribution in [-0.2, 0) is 62.2 Å². The number of amides is 4. The van der Waals surface area contributed by atoms with Gasteiger partial charge >= 0.3 is 12.1 Å². The van der Waals surface area contributed by atoms with Crippen molar-refractivity contribution < 1.29 is 97.8 Å². The van der Waals surface area contributed by atoms with Crippen LogP contribution in [0.5, 0.6) is 28.7 Å². The molecule has 24 nitrogen and oxygen atoms in total. The maximum Gasteiger partial charge on any atom is 0.408 e. The Morgan fingerprint density at radius 2 is 1.42 bits per heavy atom. The third-order valence-corrected chi connectivity index (χ3v) is 25.4. The molecule has 0 radical (unpaired) electrons. The van der Waals surface area contributed by atoms with Crippen molar-refractivity contribution in [3.8, 4) is 28.7 Å². The van der Waals surface area contributed by atoms with Gasteiger partial charge in [-0.25, -0.2) is 9.59 Å². The summed E-state index contributed by atoms with van der Waals surface area (Å²) in [6.45, 7) is 14.8. The van der Waals surface area contributed by atoms with Crippen LogP contribution in [0.2, 0.25) is 0 Å². The van der Waals surface area contributed by atoms with E-state index in [1.165, 1.54) is 119 Å². The minimum Gasteiger partial charge on any atom is -0.508 e. The molecule has 0 bridgehead atoms. The quantitative estimate of drug-likeness (QED) is 0.0116. The number of ether oxygens (including phenoxy) is 4. The summed E-state index contributed by atoms with van der Waals surface area (Å²) in [5.74, 6) is -4.75. The number of Topliss-reactive ketones (excluding diaryl/α,β-unsaturated/α-hetero) is 2. The number of nitrogens with one attached hydrogen (secondary N) is 4. The number of ketones is 4. The predicted octanol–water partition coefficient (Wildman–Crippen LogP) is 10.8. The Hall–Kier alpha value is -8.71. The van der Waals surface area contributed by atoms with Gasteiger partial charge in [-0.2, -0.15) is 0 Å². The predicted molar refractivity (Wildman–Crippen MR) is 397 cm³/mol. The van der Waals surface area contributed by atoms with E-state index in [4.69, 9.17) is 18.9 Å². The number of hydrogen-bond donors (Lipinski definition) is 11. The Kier molecular flexibility index (Phi) is 25.0. The summed E-state index contributed by atoms with van der Waals surface area (Å²) in [7, 11) is 1.30. The van der Waals surface area contributed by atoms with Crippen LogP contribution in [0.4, 0.5) is 4.79 Å². The van der Waals surface area contributed by atoms with Gasteiger partial charge in [-0.1, -0.05) is 108 Å². The molecule has 24 heteroatoms. The number of phenols is 4. The second-order valence-corrected chi connectivity index (χ2v) is 32.8. The summed E-state index contributed by atoms with van der Waals surface area (Å²) in [6.07, 6.45) is 6.05. The lowest BCUT2D eigenvalue weighted by molar-refractivity contribution is -0.249. The third kappa shape index (κ3) is 17.3. The van der Waals surface area contributed by atoms with Crippen LogP contribution in [0.3, 0.4) is 0 Å². The van der Waals surface area contributed by atoms with E-state index in [0.29, 0.717) is 53.1 Å². The van der Waals surface area contributed by atoms with Crippen molar-refractivity contribution in [2.24, 2.45) is 52.3 Å². The molecule has 0 spiro atoms. The van der Waals surface area contributed by atoms with E-state index in [9.17, 15) is 78.9 Å². The van der Waals surface area contributed by atoms with Gasteiger partial charge in [0.15, 0.2) is 23.6 Å². The van der Waals surface area contributed by atoms with Crippen molar-refractivity contribution in [2.45, 2.75) is 244 Å². The first-order chi connectivity index (χ1) is 51.3. The van der Waals surface area contributed by atoms with Crippen LogP contribution >= 0.6 is 0 Å². The maximum atomic E-state index is 14.8. The number of unbranched alkanes of at least 4 members (excludes halogenated alkanes) is 1. The number of carbonyl (C=O) groups excluding carboxylic acids is 8. The van der Waals surface area contributed by atoms with Crippen LogP contribution in [0.1, 0.15) is 231 Å². The van der Waals surface area contributed by atoms with E-state index >= 15 is 0 Å². The highest BCUT2D eigenvalue weighted by Gasteiger charge is 2.60. The van der Waals surface area contributed by atoms with Crippen LogP contribution in [0.15, 0.2) is 78.4 Å². The van der Waals surface area contributed by atoms with Crippen molar-refractivity contribution in [1.82, 2.24) is 21.3 Å². The third-order valence-electron chi connectivity index (χ3n) is 25.4. The molecule has 1 saturated heterocycles. The number of methoxy groups -OCH3 is 1. The standard InChI is InChI=1S/C84H108N4O20/c1-44(2)13-11-14-45(3)58-28-29-59-55-27-22-51-40-54(32-34-82(51,6)60(55)33-35-83(58,59)7)107-81(103)88-61(37-48-18-23-52(90)24-19-48)64(92)39-50(79(100)87-63(80(101)102)38-49-20-25-53(91)26-21-49)15-9-10-36-85-67(93)30-31-68(94)86-62-41-69(106-46(4)74(62)95)108-66-43-84(104,47(5)89)42-57-71(66)78(99)73-72(76(57)97)75(96)56-16-12-17-65(105-8)70(56)77(73)98/h12,16-26,44-46,50,54-55,58-63,66,69,74,90-91,95,97,99,104H,9-11,13-15,27-43H2,1-8H3,(H,85,93)(H,86,94)(H,87,100)(H,88,103)(H,101,102)/t45-,46+,50+,54?,55+,58?,59+,60+,61?,62+,63?,66+,69+,74-,82+,83-,84+/m1/s1. The SMILES string of the molecule is COc1cccc2c1C(=O)c1c(O)c3c(c(O)c1C2=O)C[C@@](O)(C(C)=O)C[C@@H]3O[C@H]1C[C@H](NC(=O)CCC(=O)NCCCC[C@@H](CC(=O)C(Cc2ccc(O)cc2)NC(=O)OC2CC[C@@]3(C)C(=CC[C@@H]4[C@@H]3CC[C@]3(C)C([C@H](C)CCCC(C)C)CC[C@@H]43)C2)C(=O)NC(Cc2ccc(O)cc2)C(=O)O)[C@H](O)[C@H](C)O1. The molecule has 7 aliphatic rings. The first-order valence-electron chi connectivity index (χ1n) is 38.7. The number of fused-ring (bicyclic) bond motifs is 8. The van der Waals surface area contributed by atoms with Crippen LogP contribution in [0.25, 0.3) is 0 Å². The topological polar surface area (TPSA) is 380 Å². The van der Waals surface area contributed by atoms with Crippen LogP contribution in [0, 0.1) is 52.3 Å². The minimum atomic E-state index is -2.20. The zero-order chi connectivity index (χ0) is 77.8. The van der Waals surface area contributed by atoms with E-state index < -0.39 is 155 Å². The molecule has 4 fully saturated rings. The second kappa shape index (κ2) is 33.6. The second-order valence-electron chi connectivity index (χ2n) is 32.8. The van der Waals surface area contributed by atoms with Crippen LogP contribution < -0.4 is 26.0 Å². The Morgan fingerprint density at radius 3 is 2.08 bits per heavy atom. The normalized spacial score (nSPS) is 28.0. The Morgan fingerprint density at radius 1 is 0.741 bits per heavy atom. The average Bonchev–Trinajstić information content (AvgIpc) is 0.962. The molecule has 584 valence electrons. The largest absolute Gasteiger partial charge is 0.508 e. The number of benzene rings is 4. The number of phenolic OH excluding ortho intramolecular Hbond substituents is 4. The Labute approximate surface area is 630 Å². The molecule has 4 unspecified atom stereocenters. The zero-order valence-corrected chi connectivity index (χ0v) is 63.3. The van der Waals surface area contributed by atoms with Crippen molar-refractivity contribution in [3.63, 3.8) is 0 Å². The molecular formula is C84H108N4O20. The molecule has 11 rings (SSSR count). The number of carboxylic acid groups (broad SMARTS) is 1. The smallest absolute Gasteiger partial charge is 0.408 e. The van der Waals surface area contributed by atoms with Gasteiger partial charge < -0.3 is 76.0 Å². The number of carbonyl (C=O) groups is 9. The van der Waals surface area contributed by atoms with Crippen molar-refractivity contribution in [3.05, 3.63) is 123 Å². The molecule has 4 amide bonds. The van der Waals surface area contributed by atoms with E-state index in [-0.39, 0.29) is 103 Å². The summed E-state index contributed by atoms with van der Waals surface area (Å²) in [5, 5.41) is 88.3. The van der Waals surface area contributed by atoms with Gasteiger partial charge in [0.25, 0.3) is 0 Å². The number of aromatic hydroxyl groups is 4. The fraction of sp³-hybridized carbons (Fsp3) is 0.583. The average molecular weight is 1490 g/mol. The fourth-order valence-corrected chi connectivity index (χ4v) is 19.4. The summed E-state index contributed by atoms with van der Waals surface area (Å²) < 4.78 is 24.0. The summed E-state index contributed by atoms with van der Waals surface area (Å²) in [4.78, 5) is 124. The van der Waals surface area contributed by atoms with E-state index in [0.717, 1.165) is 31.6 Å². The molecule has 3 saturated carbocycles. The van der Waals surface area contributed by atoms with Gasteiger partial charge in [-0.05, 0) is 166 Å². The molecule has 0 aromatic heterocycles. The van der Waals surface area contributed by atoms with Crippen molar-refractivity contribution in [1.29, 1.82) is 0 Å². The highest BCUT2D eigenvalue weighted by molar-refractivity contribution is 6.31. The van der Waals surface area contributed by atoms with Crippen molar-refractivity contribution >= 4 is 52.9 Å². The minimum absolute atomic E-state index is 0.0106. The number of allylic oxidation sites excluding steroid dienone is 1. The lowest BCUT2D eigenvalue weighted by Crippen LogP contribution is -2.55. The summed E-state index contributed by atoms with van der Waals surface area (Å²) >= 11 is 0.